The van der Waals surface area contributed by atoms with E-state index in [1.54, 1.807) is 0 Å². The largest absolute Gasteiger partial charge is 0.478 e. The molecule has 6 nitrogen and oxygen atoms in total. The van der Waals surface area contributed by atoms with Crippen LogP contribution in [0.1, 0.15) is 24.3 Å². The second kappa shape index (κ2) is 8.82. The highest BCUT2D eigenvalue weighted by molar-refractivity contribution is 5.89. The number of nitrogens with zero attached hydrogens (tertiary/aromatic N) is 1. The van der Waals surface area contributed by atoms with Gasteiger partial charge in [-0.2, -0.15) is 0 Å². The molecule has 0 bridgehead atoms. The van der Waals surface area contributed by atoms with Gasteiger partial charge in [-0.1, -0.05) is 6.07 Å². The Labute approximate surface area is 117 Å². The van der Waals surface area contributed by atoms with Crippen molar-refractivity contribution in [3.63, 3.8) is 0 Å². The van der Waals surface area contributed by atoms with Crippen LogP contribution < -0.4 is 5.32 Å². The third-order valence-corrected chi connectivity index (χ3v) is 2.86. The summed E-state index contributed by atoms with van der Waals surface area (Å²) in [6.07, 6.45) is 7.46. The van der Waals surface area contributed by atoms with Crippen LogP contribution in [0.5, 0.6) is 0 Å². The van der Waals surface area contributed by atoms with Crippen molar-refractivity contribution >= 4 is 11.9 Å². The number of hydrogen-bond donors (Lipinski definition) is 3. The molecule has 0 aliphatic carbocycles. The van der Waals surface area contributed by atoms with E-state index in [-0.39, 0.29) is 0 Å². The van der Waals surface area contributed by atoms with Crippen molar-refractivity contribution in [1.82, 2.24) is 10.3 Å². The van der Waals surface area contributed by atoms with Crippen molar-refractivity contribution < 1.29 is 19.8 Å². The molecule has 0 aromatic carbocycles. The summed E-state index contributed by atoms with van der Waals surface area (Å²) in [4.78, 5) is 23.2. The fourth-order valence-electron chi connectivity index (χ4n) is 1.92. The molecule has 20 heavy (non-hydrogen) atoms. The van der Waals surface area contributed by atoms with Gasteiger partial charge in [0.05, 0.1) is 0 Å². The van der Waals surface area contributed by atoms with E-state index in [9.17, 15) is 9.59 Å². The van der Waals surface area contributed by atoms with Gasteiger partial charge in [-0.25, -0.2) is 9.59 Å². The molecule has 6 heteroatoms. The molecule has 2 heterocycles. The van der Waals surface area contributed by atoms with Gasteiger partial charge in [0.2, 0.25) is 0 Å². The van der Waals surface area contributed by atoms with E-state index in [0.717, 1.165) is 19.0 Å². The highest BCUT2D eigenvalue weighted by Gasteiger charge is 2.14. The maximum absolute atomic E-state index is 9.55. The Morgan fingerprint density at radius 3 is 2.25 bits per heavy atom. The lowest BCUT2D eigenvalue weighted by atomic mass is 9.91. The average molecular weight is 278 g/mol. The summed E-state index contributed by atoms with van der Waals surface area (Å²) in [5, 5.41) is 19.0. The molecule has 1 saturated heterocycles. The zero-order valence-corrected chi connectivity index (χ0v) is 11.0. The second-order valence-electron chi connectivity index (χ2n) is 4.32. The van der Waals surface area contributed by atoms with Crippen LogP contribution >= 0.6 is 0 Å². The lowest BCUT2D eigenvalue weighted by Crippen LogP contribution is -2.26. The highest BCUT2D eigenvalue weighted by Crippen LogP contribution is 2.23. The minimum Gasteiger partial charge on any atom is -0.478 e. The van der Waals surface area contributed by atoms with Crippen molar-refractivity contribution in [3.8, 4) is 0 Å². The molecule has 1 aromatic heterocycles. The Hall–Kier alpha value is -2.21. The van der Waals surface area contributed by atoms with E-state index in [2.05, 4.69) is 16.4 Å². The molecule has 0 saturated carbocycles. The van der Waals surface area contributed by atoms with E-state index in [0.29, 0.717) is 12.2 Å². The molecule has 1 aliphatic heterocycles. The van der Waals surface area contributed by atoms with Crippen LogP contribution in [0.15, 0.2) is 36.7 Å². The fraction of sp³-hybridized carbons (Fsp3) is 0.357. The first-order chi connectivity index (χ1) is 9.59. The first-order valence-electron chi connectivity index (χ1n) is 6.34. The summed E-state index contributed by atoms with van der Waals surface area (Å²) < 4.78 is 0. The smallest absolute Gasteiger partial charge is 0.328 e. The monoisotopic (exact) mass is 278 g/mol. The number of pyridine rings is 1. The van der Waals surface area contributed by atoms with Gasteiger partial charge >= 0.3 is 11.9 Å². The number of carboxylic acids is 2. The van der Waals surface area contributed by atoms with E-state index in [1.807, 2.05) is 18.5 Å². The normalized spacial score (nSPS) is 15.4. The third kappa shape index (κ3) is 6.65. The van der Waals surface area contributed by atoms with Gasteiger partial charge in [0, 0.05) is 24.5 Å². The zero-order chi connectivity index (χ0) is 14.8. The molecule has 0 atom stereocenters. The van der Waals surface area contributed by atoms with Crippen LogP contribution in [0.2, 0.25) is 0 Å². The molecule has 0 radical (unpaired) electrons. The van der Waals surface area contributed by atoms with Gasteiger partial charge in [0.25, 0.3) is 0 Å². The Morgan fingerprint density at radius 2 is 1.80 bits per heavy atom. The molecule has 1 fully saturated rings. The van der Waals surface area contributed by atoms with Crippen LogP contribution in [0.4, 0.5) is 0 Å². The summed E-state index contributed by atoms with van der Waals surface area (Å²) in [5.41, 5.74) is 1.40. The van der Waals surface area contributed by atoms with Crippen molar-refractivity contribution in [2.45, 2.75) is 18.8 Å². The van der Waals surface area contributed by atoms with Gasteiger partial charge in [0.1, 0.15) is 0 Å². The zero-order valence-electron chi connectivity index (χ0n) is 11.0. The molecular weight excluding hydrogens is 260 g/mol. The van der Waals surface area contributed by atoms with Gasteiger partial charge in [-0.3, -0.25) is 4.98 Å². The average Bonchev–Trinajstić information content (AvgIpc) is 2.48. The summed E-state index contributed by atoms with van der Waals surface area (Å²) in [7, 11) is 0. The molecule has 1 aliphatic rings. The first-order valence-corrected chi connectivity index (χ1v) is 6.34. The lowest BCUT2D eigenvalue weighted by molar-refractivity contribution is -0.134. The van der Waals surface area contributed by atoms with Crippen LogP contribution in [0.3, 0.4) is 0 Å². The predicted octanol–water partition coefficient (Wildman–Crippen LogP) is 1.26. The molecule has 3 N–H and O–H groups in total. The molecule has 0 unspecified atom stereocenters. The van der Waals surface area contributed by atoms with Crippen LogP contribution in [0.25, 0.3) is 0 Å². The highest BCUT2D eigenvalue weighted by atomic mass is 16.4. The van der Waals surface area contributed by atoms with Crippen molar-refractivity contribution in [3.05, 3.63) is 42.2 Å². The third-order valence-electron chi connectivity index (χ3n) is 2.86. The maximum Gasteiger partial charge on any atom is 0.328 e. The minimum atomic E-state index is -1.26. The van der Waals surface area contributed by atoms with Crippen molar-refractivity contribution in [1.29, 1.82) is 0 Å². The summed E-state index contributed by atoms with van der Waals surface area (Å²) in [6.45, 7) is 2.30. The van der Waals surface area contributed by atoms with E-state index >= 15 is 0 Å². The molecule has 1 aromatic rings. The number of aliphatic carboxylic acids is 2. The Balaban J connectivity index is 0.000000221. The first kappa shape index (κ1) is 15.8. The van der Waals surface area contributed by atoms with Gasteiger partial charge in [-0.05, 0) is 43.5 Å². The van der Waals surface area contributed by atoms with E-state index in [1.165, 1.54) is 18.4 Å². The number of hydrogen-bond acceptors (Lipinski definition) is 4. The van der Waals surface area contributed by atoms with Gasteiger partial charge < -0.3 is 15.5 Å². The van der Waals surface area contributed by atoms with Crippen LogP contribution in [-0.4, -0.2) is 40.2 Å². The van der Waals surface area contributed by atoms with Crippen LogP contribution in [-0.2, 0) is 9.59 Å². The van der Waals surface area contributed by atoms with Gasteiger partial charge in [0.15, 0.2) is 0 Å². The second-order valence-corrected chi connectivity index (χ2v) is 4.32. The predicted molar refractivity (Wildman–Crippen MR) is 73.5 cm³/mol. The number of piperidine rings is 1. The SMILES string of the molecule is O=C(O)/C=C\C(=O)O.c1cncc(C2CCNCC2)c1. The molecule has 0 amide bonds. The Bertz CT molecular complexity index is 438. The van der Waals surface area contributed by atoms with E-state index in [4.69, 9.17) is 10.2 Å². The molecule has 108 valence electrons. The number of nitrogens with one attached hydrogen (secondary N) is 1. The van der Waals surface area contributed by atoms with Crippen molar-refractivity contribution in [2.24, 2.45) is 0 Å². The molecular formula is C14H18N2O4. The topological polar surface area (TPSA) is 99.5 Å². The lowest BCUT2D eigenvalue weighted by Gasteiger charge is -2.22. The van der Waals surface area contributed by atoms with E-state index < -0.39 is 11.9 Å². The number of carboxylic acid groups (broad SMARTS) is 2. The maximum atomic E-state index is 9.55. The van der Waals surface area contributed by atoms with Crippen molar-refractivity contribution in [2.75, 3.05) is 13.1 Å². The summed E-state index contributed by atoms with van der Waals surface area (Å²) in [5.74, 6) is -1.78. The molecule has 2 rings (SSSR count). The van der Waals surface area contributed by atoms with Gasteiger partial charge in [-0.15, -0.1) is 0 Å². The minimum absolute atomic E-state index is 0.558. The van der Waals surface area contributed by atoms with Crippen LogP contribution in [0, 0.1) is 0 Å². The summed E-state index contributed by atoms with van der Waals surface area (Å²) >= 11 is 0. The summed E-state index contributed by atoms with van der Waals surface area (Å²) in [6, 6.07) is 4.21. The number of carbonyl (C=O) groups is 2. The standard InChI is InChI=1S/C10H14N2.C4H4O4/c1-2-10(8-12-5-1)9-3-6-11-7-4-9;5-3(6)1-2-4(7)8/h1-2,5,8-9,11H,3-4,6-7H2;1-2H,(H,5,6)(H,7,8)/b;2-1-. The quantitative estimate of drug-likeness (QED) is 0.720. The number of rotatable bonds is 3. The fourth-order valence-corrected chi connectivity index (χ4v) is 1.92. The Morgan fingerprint density at radius 1 is 1.20 bits per heavy atom. The Kier molecular flexibility index (Phi) is 6.99. The number of aromatic nitrogens is 1. The molecule has 0 spiro atoms.